The summed E-state index contributed by atoms with van der Waals surface area (Å²) >= 11 is 0. The second-order valence-corrected chi connectivity index (χ2v) is 5.87. The highest BCUT2D eigenvalue weighted by Gasteiger charge is 2.21. The standard InChI is InChI=1S/C20H17N3O3/c1-15-8-10-16(11-9-15)14-22(19-7-2-3-12-21-19)20(24)17-5-4-6-18(13-17)23(25)26/h2-13H,14H2,1H3. The van der Waals surface area contributed by atoms with Crippen molar-refractivity contribution in [2.24, 2.45) is 0 Å². The van der Waals surface area contributed by atoms with E-state index >= 15 is 0 Å². The van der Waals surface area contributed by atoms with Gasteiger partial charge in [0.05, 0.1) is 11.5 Å². The fraction of sp³-hybridized carbons (Fsp3) is 0.100. The van der Waals surface area contributed by atoms with Crippen molar-refractivity contribution in [2.75, 3.05) is 4.90 Å². The minimum atomic E-state index is -0.512. The third-order valence-corrected chi connectivity index (χ3v) is 3.94. The highest BCUT2D eigenvalue weighted by molar-refractivity contribution is 6.05. The Morgan fingerprint density at radius 2 is 1.85 bits per heavy atom. The first-order chi connectivity index (χ1) is 12.5. The van der Waals surface area contributed by atoms with Gasteiger partial charge >= 0.3 is 0 Å². The fourth-order valence-corrected chi connectivity index (χ4v) is 2.55. The molecule has 1 amide bonds. The second kappa shape index (κ2) is 7.57. The first kappa shape index (κ1) is 17.3. The molecule has 2 aromatic carbocycles. The molecule has 1 aromatic heterocycles. The lowest BCUT2D eigenvalue weighted by atomic mass is 10.1. The molecule has 0 saturated carbocycles. The number of carbonyl (C=O) groups is 1. The molecule has 3 rings (SSSR count). The Hall–Kier alpha value is -3.54. The lowest BCUT2D eigenvalue weighted by molar-refractivity contribution is -0.384. The summed E-state index contributed by atoms with van der Waals surface area (Å²) in [5.74, 6) is 0.151. The van der Waals surface area contributed by atoms with Crippen LogP contribution in [-0.4, -0.2) is 15.8 Å². The lowest BCUT2D eigenvalue weighted by Crippen LogP contribution is -2.31. The van der Waals surface area contributed by atoms with E-state index in [0.717, 1.165) is 11.1 Å². The van der Waals surface area contributed by atoms with Gasteiger partial charge < -0.3 is 0 Å². The van der Waals surface area contributed by atoms with Crippen LogP contribution in [0.15, 0.2) is 72.9 Å². The van der Waals surface area contributed by atoms with E-state index in [-0.39, 0.29) is 17.2 Å². The number of hydrogen-bond donors (Lipinski definition) is 0. The smallest absolute Gasteiger partial charge is 0.270 e. The second-order valence-electron chi connectivity index (χ2n) is 5.87. The van der Waals surface area contributed by atoms with Gasteiger partial charge in [0, 0.05) is 23.9 Å². The normalized spacial score (nSPS) is 10.3. The monoisotopic (exact) mass is 347 g/mol. The van der Waals surface area contributed by atoms with Gasteiger partial charge in [-0.05, 0) is 30.7 Å². The number of nitro benzene ring substituents is 1. The maximum absolute atomic E-state index is 13.1. The Kier molecular flexibility index (Phi) is 5.03. The largest absolute Gasteiger partial charge is 0.288 e. The van der Waals surface area contributed by atoms with Crippen LogP contribution in [-0.2, 0) is 6.54 Å². The highest BCUT2D eigenvalue weighted by Crippen LogP contribution is 2.20. The number of aryl methyl sites for hydroxylation is 1. The molecular weight excluding hydrogens is 330 g/mol. The van der Waals surface area contributed by atoms with Crippen LogP contribution < -0.4 is 4.90 Å². The average molecular weight is 347 g/mol. The van der Waals surface area contributed by atoms with Crippen LogP contribution >= 0.6 is 0 Å². The zero-order valence-electron chi connectivity index (χ0n) is 14.2. The lowest BCUT2D eigenvalue weighted by Gasteiger charge is -2.22. The number of carbonyl (C=O) groups excluding carboxylic acids is 1. The van der Waals surface area contributed by atoms with Crippen molar-refractivity contribution >= 4 is 17.4 Å². The maximum atomic E-state index is 13.1. The predicted molar refractivity (Wildman–Crippen MR) is 99.0 cm³/mol. The van der Waals surface area contributed by atoms with Crippen LogP contribution in [0.4, 0.5) is 11.5 Å². The van der Waals surface area contributed by atoms with E-state index in [1.54, 1.807) is 30.5 Å². The van der Waals surface area contributed by atoms with Crippen LogP contribution in [0.2, 0.25) is 0 Å². The molecule has 6 nitrogen and oxygen atoms in total. The average Bonchev–Trinajstić information content (AvgIpc) is 2.68. The Balaban J connectivity index is 1.97. The van der Waals surface area contributed by atoms with Crippen molar-refractivity contribution in [3.8, 4) is 0 Å². The van der Waals surface area contributed by atoms with Crippen molar-refractivity contribution in [1.29, 1.82) is 0 Å². The molecule has 0 fully saturated rings. The highest BCUT2D eigenvalue weighted by atomic mass is 16.6. The van der Waals surface area contributed by atoms with Gasteiger partial charge in [0.25, 0.3) is 11.6 Å². The first-order valence-corrected chi connectivity index (χ1v) is 8.07. The molecule has 0 unspecified atom stereocenters. The third kappa shape index (κ3) is 3.92. The number of anilines is 1. The molecule has 0 aliphatic heterocycles. The summed E-state index contributed by atoms with van der Waals surface area (Å²) in [6.45, 7) is 2.31. The van der Waals surface area contributed by atoms with Crippen LogP contribution in [0.25, 0.3) is 0 Å². The number of nitro groups is 1. The molecule has 6 heteroatoms. The van der Waals surface area contributed by atoms with Crippen molar-refractivity contribution in [2.45, 2.75) is 13.5 Å². The summed E-state index contributed by atoms with van der Waals surface area (Å²) < 4.78 is 0. The van der Waals surface area contributed by atoms with Crippen LogP contribution in [0, 0.1) is 17.0 Å². The minimum absolute atomic E-state index is 0.118. The number of pyridine rings is 1. The zero-order chi connectivity index (χ0) is 18.5. The van der Waals surface area contributed by atoms with Crippen molar-refractivity contribution in [3.63, 3.8) is 0 Å². The minimum Gasteiger partial charge on any atom is -0.288 e. The van der Waals surface area contributed by atoms with E-state index in [0.29, 0.717) is 12.4 Å². The maximum Gasteiger partial charge on any atom is 0.270 e. The molecule has 130 valence electrons. The molecular formula is C20H17N3O3. The van der Waals surface area contributed by atoms with E-state index in [9.17, 15) is 14.9 Å². The van der Waals surface area contributed by atoms with E-state index in [2.05, 4.69) is 4.98 Å². The van der Waals surface area contributed by atoms with Crippen molar-refractivity contribution in [3.05, 3.63) is 99.7 Å². The van der Waals surface area contributed by atoms with Gasteiger partial charge in [-0.3, -0.25) is 19.8 Å². The third-order valence-electron chi connectivity index (χ3n) is 3.94. The summed E-state index contributed by atoms with van der Waals surface area (Å²) in [4.78, 5) is 29.3. The van der Waals surface area contributed by atoms with E-state index in [1.807, 2.05) is 31.2 Å². The van der Waals surface area contributed by atoms with Gasteiger partial charge in [0.2, 0.25) is 0 Å². The van der Waals surface area contributed by atoms with E-state index in [4.69, 9.17) is 0 Å². The fourth-order valence-electron chi connectivity index (χ4n) is 2.55. The molecule has 0 atom stereocenters. The number of benzene rings is 2. The van der Waals surface area contributed by atoms with Crippen LogP contribution in [0.3, 0.4) is 0 Å². The van der Waals surface area contributed by atoms with Crippen molar-refractivity contribution in [1.82, 2.24) is 4.98 Å². The topological polar surface area (TPSA) is 76.3 Å². The number of rotatable bonds is 5. The van der Waals surface area contributed by atoms with Gasteiger partial charge in [-0.15, -0.1) is 0 Å². The van der Waals surface area contributed by atoms with Gasteiger partial charge in [-0.25, -0.2) is 4.98 Å². The molecule has 26 heavy (non-hydrogen) atoms. The van der Waals surface area contributed by atoms with Crippen LogP contribution in [0.1, 0.15) is 21.5 Å². The summed E-state index contributed by atoms with van der Waals surface area (Å²) in [6, 6.07) is 18.9. The number of non-ortho nitro benzene ring substituents is 1. The van der Waals surface area contributed by atoms with E-state index in [1.165, 1.54) is 23.1 Å². The Bertz CT molecular complexity index is 925. The van der Waals surface area contributed by atoms with Crippen molar-refractivity contribution < 1.29 is 9.72 Å². The Morgan fingerprint density at radius 3 is 2.50 bits per heavy atom. The molecule has 0 spiro atoms. The molecule has 0 N–H and O–H groups in total. The summed E-state index contributed by atoms with van der Waals surface area (Å²) in [6.07, 6.45) is 1.61. The first-order valence-electron chi connectivity index (χ1n) is 8.07. The van der Waals surface area contributed by atoms with Gasteiger partial charge in [0.15, 0.2) is 0 Å². The van der Waals surface area contributed by atoms with E-state index < -0.39 is 4.92 Å². The van der Waals surface area contributed by atoms with Gasteiger partial charge in [-0.2, -0.15) is 0 Å². The molecule has 0 aliphatic carbocycles. The molecule has 0 aliphatic rings. The number of aromatic nitrogens is 1. The molecule has 0 saturated heterocycles. The SMILES string of the molecule is Cc1ccc(CN(C(=O)c2cccc([N+](=O)[O-])c2)c2ccccn2)cc1. The quantitative estimate of drug-likeness (QED) is 0.513. The van der Waals surface area contributed by atoms with Gasteiger partial charge in [0.1, 0.15) is 5.82 Å². The number of hydrogen-bond acceptors (Lipinski definition) is 4. The zero-order valence-corrected chi connectivity index (χ0v) is 14.2. The molecule has 1 heterocycles. The summed E-state index contributed by atoms with van der Waals surface area (Å²) in [5.41, 5.74) is 2.20. The van der Waals surface area contributed by atoms with Crippen LogP contribution in [0.5, 0.6) is 0 Å². The summed E-state index contributed by atoms with van der Waals surface area (Å²) in [5, 5.41) is 11.0. The van der Waals surface area contributed by atoms with Gasteiger partial charge in [-0.1, -0.05) is 42.0 Å². The number of nitrogens with zero attached hydrogens (tertiary/aromatic N) is 3. The predicted octanol–water partition coefficient (Wildman–Crippen LogP) is 4.15. The summed E-state index contributed by atoms with van der Waals surface area (Å²) in [7, 11) is 0. The molecule has 0 radical (unpaired) electrons. The Labute approximate surface area is 150 Å². The number of amides is 1. The molecule has 0 bridgehead atoms. The Morgan fingerprint density at radius 1 is 1.08 bits per heavy atom. The molecule has 3 aromatic rings.